The molecule has 0 saturated carbocycles. The molecule has 0 fully saturated rings. The van der Waals surface area contributed by atoms with Gasteiger partial charge >= 0.3 is 12.1 Å². The molecule has 3 heterocycles. The number of aromatic nitrogens is 2. The third-order valence-corrected chi connectivity index (χ3v) is 4.36. The van der Waals surface area contributed by atoms with Crippen molar-refractivity contribution in [1.29, 1.82) is 0 Å². The summed E-state index contributed by atoms with van der Waals surface area (Å²) in [5.74, 6) is -3.91. The molecule has 2 aromatic heterocycles. The van der Waals surface area contributed by atoms with E-state index in [1.54, 1.807) is 12.3 Å². The molecule has 0 bridgehead atoms. The van der Waals surface area contributed by atoms with Crippen molar-refractivity contribution in [1.82, 2.24) is 15.3 Å². The molecule has 1 aliphatic heterocycles. The first kappa shape index (κ1) is 21.8. The lowest BCUT2D eigenvalue weighted by Gasteiger charge is -2.10. The summed E-state index contributed by atoms with van der Waals surface area (Å²) < 4.78 is 45.3. The molecule has 31 heavy (non-hydrogen) atoms. The Kier molecular flexibility index (Phi) is 5.95. The van der Waals surface area contributed by atoms with Crippen molar-refractivity contribution in [3.05, 3.63) is 59.7 Å². The van der Waals surface area contributed by atoms with Gasteiger partial charge in [0.1, 0.15) is 0 Å². The maximum absolute atomic E-state index is 13.6. The van der Waals surface area contributed by atoms with E-state index in [2.05, 4.69) is 15.3 Å². The van der Waals surface area contributed by atoms with Crippen molar-refractivity contribution < 1.29 is 37.4 Å². The highest BCUT2D eigenvalue weighted by atomic mass is 19.4. The minimum absolute atomic E-state index is 0.0753. The number of aliphatic carboxylic acids is 1. The number of aromatic amines is 1. The summed E-state index contributed by atoms with van der Waals surface area (Å²) in [6.07, 6.45) is -2.68. The molecule has 0 aliphatic carbocycles. The van der Waals surface area contributed by atoms with Crippen LogP contribution in [0.1, 0.15) is 16.1 Å². The quantitative estimate of drug-likeness (QED) is 0.458. The number of rotatable bonds is 2. The van der Waals surface area contributed by atoms with E-state index in [1.807, 2.05) is 18.2 Å². The number of carboxylic acid groups (broad SMARTS) is 1. The number of benzene rings is 1. The van der Waals surface area contributed by atoms with Crippen molar-refractivity contribution in [2.45, 2.75) is 12.6 Å². The first-order chi connectivity index (χ1) is 14.6. The van der Waals surface area contributed by atoms with Gasteiger partial charge < -0.3 is 20.5 Å². The summed E-state index contributed by atoms with van der Waals surface area (Å²) in [4.78, 5) is 28.3. The number of hydrogen-bond donors (Lipinski definition) is 4. The highest BCUT2D eigenvalue weighted by molar-refractivity contribution is 5.97. The molecule has 4 rings (SSSR count). The van der Waals surface area contributed by atoms with Gasteiger partial charge in [-0.05, 0) is 36.4 Å². The van der Waals surface area contributed by atoms with E-state index in [9.17, 15) is 27.5 Å². The summed E-state index contributed by atoms with van der Waals surface area (Å²) in [6.45, 7) is 0.625. The Bertz CT molecular complexity index is 1140. The van der Waals surface area contributed by atoms with Crippen molar-refractivity contribution in [3.8, 4) is 28.3 Å². The number of amides is 1. The van der Waals surface area contributed by atoms with Crippen molar-refractivity contribution in [3.63, 3.8) is 0 Å². The maximum Gasteiger partial charge on any atom is 0.490 e. The second kappa shape index (κ2) is 8.46. The fraction of sp³-hybridized carbons (Fsp3) is 0.150. The monoisotopic (exact) mass is 437 g/mol. The van der Waals surface area contributed by atoms with Crippen LogP contribution in [0.25, 0.3) is 22.5 Å². The third-order valence-electron chi connectivity index (χ3n) is 4.36. The van der Waals surface area contributed by atoms with Crippen molar-refractivity contribution in [2.75, 3.05) is 6.54 Å². The van der Waals surface area contributed by atoms with E-state index in [1.165, 1.54) is 12.1 Å². The molecule has 0 atom stereocenters. The summed E-state index contributed by atoms with van der Waals surface area (Å²) in [5, 5.41) is 19.2. The van der Waals surface area contributed by atoms with Gasteiger partial charge in [0.05, 0.1) is 11.3 Å². The molecular formula is C20H15F4N3O4. The number of carbonyl (C=O) groups excluding carboxylic acids is 1. The second-order valence-corrected chi connectivity index (χ2v) is 6.48. The average Bonchev–Trinajstić information content (AvgIpc) is 3.16. The lowest BCUT2D eigenvalue weighted by atomic mass is 10.1. The maximum atomic E-state index is 13.6. The molecule has 1 aromatic carbocycles. The zero-order chi connectivity index (χ0) is 22.8. The Morgan fingerprint density at radius 3 is 2.42 bits per heavy atom. The highest BCUT2D eigenvalue weighted by Crippen LogP contribution is 2.28. The first-order valence-corrected chi connectivity index (χ1v) is 8.82. The first-order valence-electron chi connectivity index (χ1n) is 8.82. The number of carboxylic acids is 1. The Hall–Kier alpha value is -3.89. The number of pyridine rings is 1. The normalized spacial score (nSPS) is 13.0. The topological polar surface area (TPSA) is 115 Å². The largest absolute Gasteiger partial charge is 0.505 e. The number of nitrogens with zero attached hydrogens (tertiary/aromatic N) is 1. The van der Waals surface area contributed by atoms with Crippen LogP contribution in [0.5, 0.6) is 5.75 Å². The molecule has 0 spiro atoms. The summed E-state index contributed by atoms with van der Waals surface area (Å²) in [7, 11) is 0. The van der Waals surface area contributed by atoms with Crippen LogP contribution in [-0.4, -0.2) is 44.8 Å². The second-order valence-electron chi connectivity index (χ2n) is 6.48. The van der Waals surface area contributed by atoms with Crippen molar-refractivity contribution >= 4 is 11.9 Å². The van der Waals surface area contributed by atoms with Crippen LogP contribution in [0.4, 0.5) is 17.6 Å². The number of fused-ring (bicyclic) bond motifs is 1. The van der Waals surface area contributed by atoms with Crippen molar-refractivity contribution in [2.24, 2.45) is 0 Å². The number of H-pyrrole nitrogens is 1. The highest BCUT2D eigenvalue weighted by Gasteiger charge is 2.38. The Labute approximate surface area is 172 Å². The van der Waals surface area contributed by atoms with E-state index in [0.29, 0.717) is 23.4 Å². The van der Waals surface area contributed by atoms with E-state index in [4.69, 9.17) is 9.90 Å². The van der Waals surface area contributed by atoms with Crippen LogP contribution in [0.3, 0.4) is 0 Å². The number of carbonyl (C=O) groups is 2. The molecule has 0 saturated heterocycles. The predicted octanol–water partition coefficient (Wildman–Crippen LogP) is 3.51. The van der Waals surface area contributed by atoms with Gasteiger partial charge in [0, 0.05) is 41.7 Å². The van der Waals surface area contributed by atoms with Crippen LogP contribution in [0.2, 0.25) is 0 Å². The minimum atomic E-state index is -5.08. The van der Waals surface area contributed by atoms with E-state index in [0.717, 1.165) is 23.4 Å². The minimum Gasteiger partial charge on any atom is -0.505 e. The number of alkyl halides is 3. The fourth-order valence-corrected chi connectivity index (χ4v) is 2.87. The SMILES string of the molecule is O=C(O)C(F)(F)F.O=C1NCCc2[nH]c(-c3ccnc(-c4ccc(O)c(F)c4)c3)cc21. The smallest absolute Gasteiger partial charge is 0.490 e. The standard InChI is InChI=1S/C18H14FN3O2.C2HF3O2/c19-13-7-10(1-2-17(13)23)15-8-11(3-5-20-15)16-9-12-14(22-16)4-6-21-18(12)24;3-2(4,5)1(6)7/h1-3,5,7-9,22-23H,4,6H2,(H,21,24);(H,6,7). The molecule has 1 amide bonds. The number of phenols is 1. The fourth-order valence-electron chi connectivity index (χ4n) is 2.87. The van der Waals surface area contributed by atoms with Gasteiger partial charge in [-0.3, -0.25) is 9.78 Å². The van der Waals surface area contributed by atoms with Gasteiger partial charge in [0.25, 0.3) is 5.91 Å². The van der Waals surface area contributed by atoms with E-state index >= 15 is 0 Å². The molecule has 3 aromatic rings. The molecule has 162 valence electrons. The third kappa shape index (κ3) is 5.00. The van der Waals surface area contributed by atoms with Crippen LogP contribution in [-0.2, 0) is 11.2 Å². The van der Waals surface area contributed by atoms with E-state index in [-0.39, 0.29) is 5.91 Å². The zero-order valence-electron chi connectivity index (χ0n) is 15.6. The number of aromatic hydroxyl groups is 1. The molecule has 0 radical (unpaired) electrons. The summed E-state index contributed by atoms with van der Waals surface area (Å²) >= 11 is 0. The van der Waals surface area contributed by atoms with Gasteiger partial charge in [0.2, 0.25) is 0 Å². The number of nitrogens with one attached hydrogen (secondary N) is 2. The molecule has 4 N–H and O–H groups in total. The lowest BCUT2D eigenvalue weighted by molar-refractivity contribution is -0.192. The van der Waals surface area contributed by atoms with Gasteiger partial charge in [-0.2, -0.15) is 13.2 Å². The molecule has 7 nitrogen and oxygen atoms in total. The van der Waals surface area contributed by atoms with Gasteiger partial charge in [-0.15, -0.1) is 0 Å². The van der Waals surface area contributed by atoms with E-state index < -0.39 is 23.7 Å². The van der Waals surface area contributed by atoms with Gasteiger partial charge in [0.15, 0.2) is 11.6 Å². The molecule has 11 heteroatoms. The summed E-state index contributed by atoms with van der Waals surface area (Å²) in [5.41, 5.74) is 4.41. The van der Waals surface area contributed by atoms with Crippen LogP contribution in [0, 0.1) is 5.82 Å². The van der Waals surface area contributed by atoms with Crippen LogP contribution in [0.15, 0.2) is 42.6 Å². The number of phenolic OH excluding ortho intramolecular Hbond substituents is 1. The molecule has 0 unspecified atom stereocenters. The molecule has 1 aliphatic rings. The van der Waals surface area contributed by atoms with Gasteiger partial charge in [-0.1, -0.05) is 0 Å². The summed E-state index contributed by atoms with van der Waals surface area (Å²) in [6, 6.07) is 9.62. The zero-order valence-corrected chi connectivity index (χ0v) is 15.6. The average molecular weight is 437 g/mol. The predicted molar refractivity (Wildman–Crippen MR) is 101 cm³/mol. The molecular weight excluding hydrogens is 422 g/mol. The Morgan fingerprint density at radius 1 is 1.10 bits per heavy atom. The number of halogens is 4. The lowest BCUT2D eigenvalue weighted by Crippen LogP contribution is -2.31. The number of hydrogen-bond acceptors (Lipinski definition) is 4. The van der Waals surface area contributed by atoms with Crippen LogP contribution < -0.4 is 5.32 Å². The Balaban J connectivity index is 0.000000339. The Morgan fingerprint density at radius 2 is 1.81 bits per heavy atom. The van der Waals surface area contributed by atoms with Crippen LogP contribution >= 0.6 is 0 Å². The van der Waals surface area contributed by atoms with Gasteiger partial charge in [-0.25, -0.2) is 9.18 Å².